The standard InChI is InChI=1S/C9H8O3/c1-11-9(10)7-12-8-5-3-2-4-6-8/h2,5-6H,7H2,1H3. The van der Waals surface area contributed by atoms with Gasteiger partial charge in [-0.15, -0.1) is 0 Å². The number of esters is 1. The maximum Gasteiger partial charge on any atom is 0.343 e. The minimum Gasteiger partial charge on any atom is -0.482 e. The number of ether oxygens (including phenoxy) is 2. The summed E-state index contributed by atoms with van der Waals surface area (Å²) in [6.07, 6.45) is 0. The second kappa shape index (κ2) is 4.38. The van der Waals surface area contributed by atoms with Crippen molar-refractivity contribution >= 4 is 5.97 Å². The van der Waals surface area contributed by atoms with Crippen LogP contribution in [0.5, 0.6) is 5.75 Å². The molecule has 0 aliphatic heterocycles. The van der Waals surface area contributed by atoms with E-state index < -0.39 is 5.97 Å². The van der Waals surface area contributed by atoms with Crippen LogP contribution in [0.3, 0.4) is 0 Å². The molecule has 0 amide bonds. The second-order valence-corrected chi connectivity index (χ2v) is 2.03. The number of rotatable bonds is 3. The van der Waals surface area contributed by atoms with E-state index in [1.165, 1.54) is 7.11 Å². The Morgan fingerprint density at radius 2 is 2.17 bits per heavy atom. The molecule has 0 aromatic heterocycles. The van der Waals surface area contributed by atoms with Crippen LogP contribution in [0.25, 0.3) is 0 Å². The lowest BCUT2D eigenvalue weighted by atomic mass is 10.3. The highest BCUT2D eigenvalue weighted by molar-refractivity contribution is 5.70. The Labute approximate surface area is 70.9 Å². The molecule has 0 saturated heterocycles. The third-order valence-corrected chi connectivity index (χ3v) is 1.20. The average Bonchev–Trinajstić information content (AvgIpc) is 2.16. The number of hydrogen-bond acceptors (Lipinski definition) is 3. The zero-order chi connectivity index (χ0) is 8.81. The van der Waals surface area contributed by atoms with E-state index in [0.717, 1.165) is 0 Å². The van der Waals surface area contributed by atoms with Crippen LogP contribution in [-0.4, -0.2) is 19.7 Å². The van der Waals surface area contributed by atoms with Crippen LogP contribution >= 0.6 is 0 Å². The smallest absolute Gasteiger partial charge is 0.343 e. The molecule has 0 fully saturated rings. The van der Waals surface area contributed by atoms with Crippen LogP contribution < -0.4 is 4.74 Å². The van der Waals surface area contributed by atoms with E-state index in [4.69, 9.17) is 4.74 Å². The minimum atomic E-state index is -0.404. The van der Waals surface area contributed by atoms with Gasteiger partial charge in [-0.2, -0.15) is 0 Å². The van der Waals surface area contributed by atoms with Gasteiger partial charge < -0.3 is 9.47 Å². The number of methoxy groups -OCH3 is 1. The molecular formula is C9H8O3. The van der Waals surface area contributed by atoms with Crippen molar-refractivity contribution < 1.29 is 14.3 Å². The third kappa shape index (κ3) is 2.62. The van der Waals surface area contributed by atoms with Crippen molar-refractivity contribution in [1.29, 1.82) is 0 Å². The summed E-state index contributed by atoms with van der Waals surface area (Å²) in [5.41, 5.74) is 0. The van der Waals surface area contributed by atoms with Gasteiger partial charge in [-0.25, -0.2) is 4.79 Å². The van der Waals surface area contributed by atoms with Crippen molar-refractivity contribution in [2.45, 2.75) is 0 Å². The van der Waals surface area contributed by atoms with E-state index in [0.29, 0.717) is 5.75 Å². The SMILES string of the molecule is COC(=O)COc1c[c]c[c]c1. The summed E-state index contributed by atoms with van der Waals surface area (Å²) in [7, 11) is 1.31. The Bertz CT molecular complexity index is 243. The van der Waals surface area contributed by atoms with Gasteiger partial charge in [0.15, 0.2) is 6.61 Å². The number of hydrogen-bond donors (Lipinski definition) is 0. The topological polar surface area (TPSA) is 35.5 Å². The first-order valence-corrected chi connectivity index (χ1v) is 3.39. The Morgan fingerprint density at radius 1 is 1.50 bits per heavy atom. The van der Waals surface area contributed by atoms with Crippen molar-refractivity contribution in [2.24, 2.45) is 0 Å². The van der Waals surface area contributed by atoms with Crippen molar-refractivity contribution in [2.75, 3.05) is 13.7 Å². The molecule has 1 aromatic carbocycles. The molecule has 0 spiro atoms. The fourth-order valence-electron chi connectivity index (χ4n) is 0.622. The summed E-state index contributed by atoms with van der Waals surface area (Å²) in [5.74, 6) is 0.154. The van der Waals surface area contributed by atoms with Gasteiger partial charge in [0.25, 0.3) is 0 Å². The molecule has 0 unspecified atom stereocenters. The normalized spacial score (nSPS) is 9.08. The van der Waals surface area contributed by atoms with Crippen LogP contribution in [0.4, 0.5) is 0 Å². The van der Waals surface area contributed by atoms with Gasteiger partial charge in [0.2, 0.25) is 0 Å². The molecule has 0 aliphatic rings. The Kier molecular flexibility index (Phi) is 3.14. The highest BCUT2D eigenvalue weighted by atomic mass is 16.6. The van der Waals surface area contributed by atoms with Crippen LogP contribution in [-0.2, 0) is 9.53 Å². The highest BCUT2D eigenvalue weighted by Crippen LogP contribution is 2.06. The lowest BCUT2D eigenvalue weighted by Crippen LogP contribution is -2.12. The fourth-order valence-corrected chi connectivity index (χ4v) is 0.622. The molecule has 0 N–H and O–H groups in total. The maximum atomic E-state index is 10.6. The first-order valence-electron chi connectivity index (χ1n) is 3.39. The Hall–Kier alpha value is -1.51. The zero-order valence-electron chi connectivity index (χ0n) is 6.66. The van der Waals surface area contributed by atoms with Crippen molar-refractivity contribution in [3.8, 4) is 5.75 Å². The summed E-state index contributed by atoms with van der Waals surface area (Å²) < 4.78 is 9.41. The summed E-state index contributed by atoms with van der Waals surface area (Å²) in [4.78, 5) is 10.6. The van der Waals surface area contributed by atoms with Gasteiger partial charge in [-0.3, -0.25) is 0 Å². The molecule has 0 bridgehead atoms. The van der Waals surface area contributed by atoms with Gasteiger partial charge in [-0.1, -0.05) is 0 Å². The summed E-state index contributed by atoms with van der Waals surface area (Å²) in [6, 6.07) is 10.4. The molecule has 0 heterocycles. The predicted molar refractivity (Wildman–Crippen MR) is 41.6 cm³/mol. The zero-order valence-corrected chi connectivity index (χ0v) is 6.66. The molecule has 1 aromatic rings. The molecule has 0 atom stereocenters. The van der Waals surface area contributed by atoms with Crippen molar-refractivity contribution in [3.63, 3.8) is 0 Å². The minimum absolute atomic E-state index is 0.0812. The molecule has 62 valence electrons. The number of benzene rings is 1. The van der Waals surface area contributed by atoms with Gasteiger partial charge in [0.1, 0.15) is 5.75 Å². The number of carbonyl (C=O) groups excluding carboxylic acids is 1. The Balaban J connectivity index is 2.38. The third-order valence-electron chi connectivity index (χ3n) is 1.20. The molecule has 3 nitrogen and oxygen atoms in total. The summed E-state index contributed by atoms with van der Waals surface area (Å²) in [6.45, 7) is -0.0812. The molecule has 0 aliphatic carbocycles. The lowest BCUT2D eigenvalue weighted by molar-refractivity contribution is -0.142. The lowest BCUT2D eigenvalue weighted by Gasteiger charge is -2.02. The average molecular weight is 164 g/mol. The van der Waals surface area contributed by atoms with Crippen molar-refractivity contribution in [1.82, 2.24) is 0 Å². The van der Waals surface area contributed by atoms with Crippen LogP contribution in [0.2, 0.25) is 0 Å². The van der Waals surface area contributed by atoms with Crippen LogP contribution in [0, 0.1) is 12.1 Å². The van der Waals surface area contributed by atoms with Gasteiger partial charge in [0.05, 0.1) is 7.11 Å². The predicted octanol–water partition coefficient (Wildman–Crippen LogP) is 0.839. The van der Waals surface area contributed by atoms with Gasteiger partial charge in [-0.05, 0) is 30.3 Å². The molecule has 1 rings (SSSR count). The highest BCUT2D eigenvalue weighted by Gasteiger charge is 1.99. The Morgan fingerprint density at radius 3 is 2.75 bits per heavy atom. The van der Waals surface area contributed by atoms with Crippen molar-refractivity contribution in [3.05, 3.63) is 30.3 Å². The van der Waals surface area contributed by atoms with E-state index in [1.54, 1.807) is 18.2 Å². The maximum absolute atomic E-state index is 10.6. The van der Waals surface area contributed by atoms with E-state index >= 15 is 0 Å². The van der Waals surface area contributed by atoms with E-state index in [1.807, 2.05) is 0 Å². The largest absolute Gasteiger partial charge is 0.482 e. The monoisotopic (exact) mass is 164 g/mol. The molecule has 3 heteroatoms. The second-order valence-electron chi connectivity index (χ2n) is 2.03. The number of carbonyl (C=O) groups is 1. The molecule has 0 saturated carbocycles. The summed E-state index contributed by atoms with van der Waals surface area (Å²) in [5, 5.41) is 0. The van der Waals surface area contributed by atoms with E-state index in [-0.39, 0.29) is 6.61 Å². The first-order chi connectivity index (χ1) is 5.83. The van der Waals surface area contributed by atoms with Crippen LogP contribution in [0.1, 0.15) is 0 Å². The van der Waals surface area contributed by atoms with Crippen LogP contribution in [0.15, 0.2) is 18.2 Å². The molecule has 2 radical (unpaired) electrons. The quantitative estimate of drug-likeness (QED) is 0.621. The molecule has 12 heavy (non-hydrogen) atoms. The summed E-state index contributed by atoms with van der Waals surface area (Å²) >= 11 is 0. The van der Waals surface area contributed by atoms with Gasteiger partial charge in [0, 0.05) is 0 Å². The van der Waals surface area contributed by atoms with E-state index in [2.05, 4.69) is 16.9 Å². The first kappa shape index (κ1) is 8.59. The van der Waals surface area contributed by atoms with E-state index in [9.17, 15) is 4.79 Å². The molecular weight excluding hydrogens is 156 g/mol. The fraction of sp³-hybridized carbons (Fsp3) is 0.222. The van der Waals surface area contributed by atoms with Gasteiger partial charge >= 0.3 is 5.97 Å².